The Labute approximate surface area is 121 Å². The minimum absolute atomic E-state index is 0.505. The lowest BCUT2D eigenvalue weighted by Crippen LogP contribution is -2.43. The second-order valence-corrected chi connectivity index (χ2v) is 6.13. The van der Waals surface area contributed by atoms with Crippen LogP contribution < -0.4 is 0 Å². The van der Waals surface area contributed by atoms with E-state index in [1.807, 2.05) is 12.1 Å². The molecule has 0 aliphatic carbocycles. The van der Waals surface area contributed by atoms with Crippen molar-refractivity contribution >= 4 is 0 Å². The van der Waals surface area contributed by atoms with Crippen molar-refractivity contribution in [3.05, 3.63) is 35.4 Å². The Balaban J connectivity index is 2.20. The molecule has 1 aromatic rings. The second kappa shape index (κ2) is 6.70. The molecule has 0 amide bonds. The number of hydrogen-bond donors (Lipinski definition) is 1. The lowest BCUT2D eigenvalue weighted by Gasteiger charge is -2.40. The molecule has 112 valence electrons. The summed E-state index contributed by atoms with van der Waals surface area (Å²) < 4.78 is 11.1. The number of methoxy groups -OCH3 is 1. The van der Waals surface area contributed by atoms with E-state index in [9.17, 15) is 5.11 Å². The van der Waals surface area contributed by atoms with Gasteiger partial charge in [0.05, 0.1) is 0 Å². The summed E-state index contributed by atoms with van der Waals surface area (Å²) in [4.78, 5) is 0. The molecule has 0 saturated carbocycles. The maximum absolute atomic E-state index is 10.8. The molecule has 0 radical (unpaired) electrons. The van der Waals surface area contributed by atoms with Crippen LogP contribution in [0, 0.1) is 5.92 Å². The highest BCUT2D eigenvalue weighted by atomic mass is 16.5. The predicted molar refractivity (Wildman–Crippen MR) is 79.7 cm³/mol. The minimum atomic E-state index is -0.594. The van der Waals surface area contributed by atoms with E-state index in [2.05, 4.69) is 26.0 Å². The molecule has 1 aromatic carbocycles. The van der Waals surface area contributed by atoms with Gasteiger partial charge in [0.1, 0.15) is 11.7 Å². The first-order chi connectivity index (χ1) is 9.57. The molecular weight excluding hydrogens is 252 g/mol. The fourth-order valence-electron chi connectivity index (χ4n) is 2.97. The highest BCUT2D eigenvalue weighted by molar-refractivity contribution is 5.27. The van der Waals surface area contributed by atoms with E-state index >= 15 is 0 Å². The molecule has 3 heteroatoms. The van der Waals surface area contributed by atoms with Gasteiger partial charge in [-0.3, -0.25) is 0 Å². The van der Waals surface area contributed by atoms with Gasteiger partial charge >= 0.3 is 0 Å². The van der Waals surface area contributed by atoms with E-state index in [1.54, 1.807) is 7.11 Å². The fraction of sp³-hybridized carbons (Fsp3) is 0.647. The fourth-order valence-corrected chi connectivity index (χ4v) is 2.97. The summed E-state index contributed by atoms with van der Waals surface area (Å²) in [6.45, 7) is 5.71. The lowest BCUT2D eigenvalue weighted by molar-refractivity contribution is -0.154. The van der Waals surface area contributed by atoms with Gasteiger partial charge in [-0.2, -0.15) is 0 Å². The Kier molecular flexibility index (Phi) is 5.19. The minimum Gasteiger partial charge on any atom is -0.385 e. The zero-order valence-corrected chi connectivity index (χ0v) is 12.8. The second-order valence-electron chi connectivity index (χ2n) is 6.13. The van der Waals surface area contributed by atoms with Crippen LogP contribution in [0.4, 0.5) is 0 Å². The molecule has 1 heterocycles. The zero-order valence-electron chi connectivity index (χ0n) is 12.8. The van der Waals surface area contributed by atoms with Crippen molar-refractivity contribution < 1.29 is 14.6 Å². The van der Waals surface area contributed by atoms with Gasteiger partial charge in [-0.15, -0.1) is 0 Å². The van der Waals surface area contributed by atoms with Crippen LogP contribution in [0.25, 0.3) is 0 Å². The van der Waals surface area contributed by atoms with Crippen LogP contribution in [0.1, 0.15) is 43.9 Å². The van der Waals surface area contributed by atoms with Gasteiger partial charge < -0.3 is 14.6 Å². The molecule has 1 saturated heterocycles. The van der Waals surface area contributed by atoms with Crippen LogP contribution in [-0.4, -0.2) is 31.0 Å². The van der Waals surface area contributed by atoms with E-state index in [1.165, 1.54) is 5.56 Å². The maximum Gasteiger partial charge on any atom is 0.108 e. The summed E-state index contributed by atoms with van der Waals surface area (Å²) >= 11 is 0. The van der Waals surface area contributed by atoms with Gasteiger partial charge in [-0.1, -0.05) is 38.1 Å². The summed E-state index contributed by atoms with van der Waals surface area (Å²) in [7, 11) is 1.69. The molecule has 0 bridgehead atoms. The molecule has 1 aliphatic rings. The van der Waals surface area contributed by atoms with E-state index < -0.39 is 11.7 Å². The van der Waals surface area contributed by atoms with Crippen molar-refractivity contribution in [2.75, 3.05) is 20.3 Å². The van der Waals surface area contributed by atoms with Crippen LogP contribution in [0.15, 0.2) is 24.3 Å². The Morgan fingerprint density at radius 2 is 2.00 bits per heavy atom. The molecule has 1 atom stereocenters. The van der Waals surface area contributed by atoms with Gasteiger partial charge in [0.2, 0.25) is 0 Å². The highest BCUT2D eigenvalue weighted by Crippen LogP contribution is 2.37. The third-order valence-corrected chi connectivity index (χ3v) is 4.15. The summed E-state index contributed by atoms with van der Waals surface area (Å²) in [5, 5.41) is 10.8. The first-order valence-electron chi connectivity index (χ1n) is 7.47. The zero-order chi connectivity index (χ0) is 14.6. The Morgan fingerprint density at radius 1 is 1.30 bits per heavy atom. The first kappa shape index (κ1) is 15.5. The molecular formula is C17H26O3. The van der Waals surface area contributed by atoms with Gasteiger partial charge in [-0.05, 0) is 23.5 Å². The molecule has 3 nitrogen and oxygen atoms in total. The van der Waals surface area contributed by atoms with Crippen molar-refractivity contribution in [2.24, 2.45) is 5.92 Å². The monoisotopic (exact) mass is 278 g/mol. The topological polar surface area (TPSA) is 38.7 Å². The quantitative estimate of drug-likeness (QED) is 0.899. The van der Waals surface area contributed by atoms with Crippen LogP contribution in [-0.2, 0) is 15.9 Å². The molecule has 1 N–H and O–H groups in total. The summed E-state index contributed by atoms with van der Waals surface area (Å²) in [5.41, 5.74) is 1.72. The standard InChI is InChI=1S/C17H26O3/c1-13(2)11-14-5-4-6-15(12-14)16(18)17(19-3)7-9-20-10-8-17/h4-6,12-13,16,18H,7-11H2,1-3H3. The Hall–Kier alpha value is -0.900. The van der Waals surface area contributed by atoms with Crippen molar-refractivity contribution in [3.63, 3.8) is 0 Å². The maximum atomic E-state index is 10.8. The molecule has 0 spiro atoms. The number of aliphatic hydroxyl groups is 1. The van der Waals surface area contributed by atoms with E-state index in [-0.39, 0.29) is 0 Å². The smallest absolute Gasteiger partial charge is 0.108 e. The number of aliphatic hydroxyl groups excluding tert-OH is 1. The van der Waals surface area contributed by atoms with Crippen molar-refractivity contribution in [1.82, 2.24) is 0 Å². The molecule has 1 unspecified atom stereocenters. The average Bonchev–Trinajstić information content (AvgIpc) is 2.47. The van der Waals surface area contributed by atoms with Crippen molar-refractivity contribution in [1.29, 1.82) is 0 Å². The van der Waals surface area contributed by atoms with Gasteiger partial charge in [0.15, 0.2) is 0 Å². The average molecular weight is 278 g/mol. The van der Waals surface area contributed by atoms with Gasteiger partial charge in [0.25, 0.3) is 0 Å². The normalized spacial score (nSPS) is 20.1. The number of benzene rings is 1. The first-order valence-corrected chi connectivity index (χ1v) is 7.47. The van der Waals surface area contributed by atoms with Crippen LogP contribution in [0.3, 0.4) is 0 Å². The van der Waals surface area contributed by atoms with Gasteiger partial charge in [-0.25, -0.2) is 0 Å². The Bertz CT molecular complexity index is 422. The van der Waals surface area contributed by atoms with Crippen LogP contribution in [0.2, 0.25) is 0 Å². The van der Waals surface area contributed by atoms with E-state index in [4.69, 9.17) is 9.47 Å². The molecule has 20 heavy (non-hydrogen) atoms. The predicted octanol–water partition coefficient (Wildman–Crippen LogP) is 3.11. The summed E-state index contributed by atoms with van der Waals surface area (Å²) in [6.07, 6.45) is 1.91. The van der Waals surface area contributed by atoms with E-state index in [0.717, 1.165) is 24.8 Å². The molecule has 2 rings (SSSR count). The highest BCUT2D eigenvalue weighted by Gasteiger charge is 2.40. The molecule has 0 aromatic heterocycles. The summed E-state index contributed by atoms with van der Waals surface area (Å²) in [5.74, 6) is 0.613. The van der Waals surface area contributed by atoms with Crippen LogP contribution >= 0.6 is 0 Å². The number of rotatable bonds is 5. The molecule has 1 aliphatic heterocycles. The number of hydrogen-bond acceptors (Lipinski definition) is 3. The molecule has 1 fully saturated rings. The van der Waals surface area contributed by atoms with Crippen molar-refractivity contribution in [3.8, 4) is 0 Å². The Morgan fingerprint density at radius 3 is 2.60 bits per heavy atom. The van der Waals surface area contributed by atoms with Gasteiger partial charge in [0, 0.05) is 33.2 Å². The van der Waals surface area contributed by atoms with Crippen LogP contribution in [0.5, 0.6) is 0 Å². The third-order valence-electron chi connectivity index (χ3n) is 4.15. The van der Waals surface area contributed by atoms with E-state index in [0.29, 0.717) is 19.1 Å². The SMILES string of the molecule is COC1(C(O)c2cccc(CC(C)C)c2)CCOCC1. The lowest BCUT2D eigenvalue weighted by atomic mass is 9.83. The third kappa shape index (κ3) is 3.40. The number of ether oxygens (including phenoxy) is 2. The largest absolute Gasteiger partial charge is 0.385 e. The summed E-state index contributed by atoms with van der Waals surface area (Å²) in [6, 6.07) is 8.25. The van der Waals surface area contributed by atoms with Crippen molar-refractivity contribution in [2.45, 2.75) is 44.8 Å².